The molecule has 1 aromatic rings. The standard InChI is InChI=1S/C12H16FNO/c1-9-2-3-12(13)10(6-9)7-14-5-4-11(15)8-14/h2-3,6,11,15H,4-5,7-8H2,1H3/t11-/m0/s1. The minimum absolute atomic E-state index is 0.151. The third kappa shape index (κ3) is 2.55. The summed E-state index contributed by atoms with van der Waals surface area (Å²) in [5, 5.41) is 9.37. The van der Waals surface area contributed by atoms with Crippen LogP contribution in [0, 0.1) is 12.7 Å². The second-order valence-corrected chi connectivity index (χ2v) is 4.27. The maximum atomic E-state index is 13.4. The molecule has 1 saturated heterocycles. The van der Waals surface area contributed by atoms with Gasteiger partial charge in [0.25, 0.3) is 0 Å². The first-order chi connectivity index (χ1) is 7.15. The van der Waals surface area contributed by atoms with Crippen LogP contribution in [0.15, 0.2) is 18.2 Å². The number of aryl methyl sites for hydroxylation is 1. The highest BCUT2D eigenvalue weighted by Crippen LogP contribution is 2.16. The molecule has 1 heterocycles. The monoisotopic (exact) mass is 209 g/mol. The Balaban J connectivity index is 2.07. The third-order valence-corrected chi connectivity index (χ3v) is 2.84. The van der Waals surface area contributed by atoms with Crippen LogP contribution in [0.4, 0.5) is 4.39 Å². The van der Waals surface area contributed by atoms with Crippen LogP contribution in [0.25, 0.3) is 0 Å². The van der Waals surface area contributed by atoms with Crippen LogP contribution in [0.3, 0.4) is 0 Å². The fourth-order valence-corrected chi connectivity index (χ4v) is 2.02. The summed E-state index contributed by atoms with van der Waals surface area (Å²) in [7, 11) is 0. The molecule has 1 fully saturated rings. The van der Waals surface area contributed by atoms with Gasteiger partial charge in [0.2, 0.25) is 0 Å². The van der Waals surface area contributed by atoms with Crippen molar-refractivity contribution >= 4 is 0 Å². The van der Waals surface area contributed by atoms with Crippen LogP contribution in [0.2, 0.25) is 0 Å². The first-order valence-electron chi connectivity index (χ1n) is 5.30. The fourth-order valence-electron chi connectivity index (χ4n) is 2.02. The van der Waals surface area contributed by atoms with Gasteiger partial charge in [-0.05, 0) is 19.4 Å². The number of likely N-dealkylation sites (tertiary alicyclic amines) is 1. The second kappa shape index (κ2) is 4.29. The van der Waals surface area contributed by atoms with Gasteiger partial charge < -0.3 is 5.11 Å². The van der Waals surface area contributed by atoms with Crippen molar-refractivity contribution in [2.24, 2.45) is 0 Å². The van der Waals surface area contributed by atoms with Gasteiger partial charge in [-0.2, -0.15) is 0 Å². The van der Waals surface area contributed by atoms with Crippen LogP contribution in [0.5, 0.6) is 0 Å². The summed E-state index contributed by atoms with van der Waals surface area (Å²) in [5.41, 5.74) is 1.80. The minimum Gasteiger partial charge on any atom is -0.392 e. The number of β-amino-alcohol motifs (C(OH)–C–C–N with tert-alkyl or cyclic N) is 1. The quantitative estimate of drug-likeness (QED) is 0.801. The summed E-state index contributed by atoms with van der Waals surface area (Å²) in [6, 6.07) is 5.16. The molecule has 0 aliphatic carbocycles. The van der Waals surface area contributed by atoms with E-state index in [1.807, 2.05) is 13.0 Å². The summed E-state index contributed by atoms with van der Waals surface area (Å²) in [6.45, 7) is 4.08. The van der Waals surface area contributed by atoms with Crippen molar-refractivity contribution in [2.75, 3.05) is 13.1 Å². The Morgan fingerprint density at radius 2 is 2.33 bits per heavy atom. The number of nitrogens with zero attached hydrogens (tertiary/aromatic N) is 1. The molecule has 0 bridgehead atoms. The molecule has 0 radical (unpaired) electrons. The molecular formula is C12H16FNO. The summed E-state index contributed by atoms with van der Waals surface area (Å²) >= 11 is 0. The molecule has 0 spiro atoms. The topological polar surface area (TPSA) is 23.5 Å². The average Bonchev–Trinajstić information content (AvgIpc) is 2.58. The Bertz CT molecular complexity index is 353. The number of aliphatic hydroxyl groups is 1. The van der Waals surface area contributed by atoms with E-state index in [9.17, 15) is 9.50 Å². The second-order valence-electron chi connectivity index (χ2n) is 4.27. The van der Waals surface area contributed by atoms with Crippen molar-refractivity contribution in [3.63, 3.8) is 0 Å². The van der Waals surface area contributed by atoms with Gasteiger partial charge in [-0.25, -0.2) is 4.39 Å². The zero-order valence-corrected chi connectivity index (χ0v) is 8.91. The van der Waals surface area contributed by atoms with E-state index in [0.29, 0.717) is 13.1 Å². The summed E-state index contributed by atoms with van der Waals surface area (Å²) < 4.78 is 13.4. The maximum absolute atomic E-state index is 13.4. The zero-order valence-electron chi connectivity index (χ0n) is 8.91. The lowest BCUT2D eigenvalue weighted by atomic mass is 10.1. The molecule has 1 aromatic carbocycles. The number of aliphatic hydroxyl groups excluding tert-OH is 1. The normalized spacial score (nSPS) is 22.2. The smallest absolute Gasteiger partial charge is 0.127 e. The van der Waals surface area contributed by atoms with Gasteiger partial charge in [0.15, 0.2) is 0 Å². The van der Waals surface area contributed by atoms with Gasteiger partial charge in [0.05, 0.1) is 6.10 Å². The molecule has 82 valence electrons. The van der Waals surface area contributed by atoms with Crippen molar-refractivity contribution in [3.05, 3.63) is 35.1 Å². The average molecular weight is 209 g/mol. The number of hydrogen-bond acceptors (Lipinski definition) is 2. The lowest BCUT2D eigenvalue weighted by Crippen LogP contribution is -2.22. The van der Waals surface area contributed by atoms with Gasteiger partial charge >= 0.3 is 0 Å². The first-order valence-corrected chi connectivity index (χ1v) is 5.30. The van der Waals surface area contributed by atoms with Gasteiger partial charge in [0.1, 0.15) is 5.82 Å². The summed E-state index contributed by atoms with van der Waals surface area (Å²) in [5.74, 6) is -0.151. The number of rotatable bonds is 2. The van der Waals surface area contributed by atoms with Crippen molar-refractivity contribution in [1.29, 1.82) is 0 Å². The number of hydrogen-bond donors (Lipinski definition) is 1. The van der Waals surface area contributed by atoms with Gasteiger partial charge in [-0.3, -0.25) is 4.90 Å². The molecule has 1 atom stereocenters. The molecule has 2 rings (SSSR count). The summed E-state index contributed by atoms with van der Waals surface area (Å²) in [4.78, 5) is 2.09. The maximum Gasteiger partial charge on any atom is 0.127 e. The molecule has 0 unspecified atom stereocenters. The van der Waals surface area contributed by atoms with Gasteiger partial charge in [-0.15, -0.1) is 0 Å². The van der Waals surface area contributed by atoms with E-state index < -0.39 is 0 Å². The van der Waals surface area contributed by atoms with Crippen LogP contribution in [-0.4, -0.2) is 29.2 Å². The Labute approximate surface area is 89.3 Å². The first kappa shape index (κ1) is 10.6. The molecule has 2 nitrogen and oxygen atoms in total. The number of benzene rings is 1. The van der Waals surface area contributed by atoms with Crippen molar-refractivity contribution < 1.29 is 9.50 Å². The SMILES string of the molecule is Cc1ccc(F)c(CN2CC[C@H](O)C2)c1. The Morgan fingerprint density at radius 3 is 3.00 bits per heavy atom. The molecule has 0 aromatic heterocycles. The highest BCUT2D eigenvalue weighted by atomic mass is 19.1. The molecule has 0 amide bonds. The van der Waals surface area contributed by atoms with Gasteiger partial charge in [-0.1, -0.05) is 17.7 Å². The molecular weight excluding hydrogens is 193 g/mol. The third-order valence-electron chi connectivity index (χ3n) is 2.84. The van der Waals surface area contributed by atoms with E-state index in [1.165, 1.54) is 6.07 Å². The Hall–Kier alpha value is -0.930. The van der Waals surface area contributed by atoms with Crippen LogP contribution < -0.4 is 0 Å². The van der Waals surface area contributed by atoms with E-state index in [4.69, 9.17) is 0 Å². The summed E-state index contributed by atoms with van der Waals surface area (Å²) in [6.07, 6.45) is 0.561. The predicted molar refractivity (Wildman–Crippen MR) is 57.0 cm³/mol. The van der Waals surface area contributed by atoms with E-state index in [1.54, 1.807) is 6.07 Å². The Kier molecular flexibility index (Phi) is 3.03. The lowest BCUT2D eigenvalue weighted by molar-refractivity contribution is 0.174. The van der Waals surface area contributed by atoms with E-state index >= 15 is 0 Å². The van der Waals surface area contributed by atoms with Crippen LogP contribution >= 0.6 is 0 Å². The molecule has 0 saturated carbocycles. The molecule has 15 heavy (non-hydrogen) atoms. The molecule has 1 N–H and O–H groups in total. The largest absolute Gasteiger partial charge is 0.392 e. The number of halogens is 1. The highest BCUT2D eigenvalue weighted by molar-refractivity contribution is 5.24. The highest BCUT2D eigenvalue weighted by Gasteiger charge is 2.20. The van der Waals surface area contributed by atoms with E-state index in [-0.39, 0.29) is 11.9 Å². The molecule has 3 heteroatoms. The lowest BCUT2D eigenvalue weighted by Gasteiger charge is -2.15. The Morgan fingerprint density at radius 1 is 1.53 bits per heavy atom. The molecule has 1 aliphatic rings. The van der Waals surface area contributed by atoms with Crippen molar-refractivity contribution in [1.82, 2.24) is 4.90 Å². The molecule has 1 aliphatic heterocycles. The van der Waals surface area contributed by atoms with E-state index in [2.05, 4.69) is 4.90 Å². The minimum atomic E-state index is -0.238. The van der Waals surface area contributed by atoms with Crippen molar-refractivity contribution in [3.8, 4) is 0 Å². The zero-order chi connectivity index (χ0) is 10.8. The predicted octanol–water partition coefficient (Wildman–Crippen LogP) is 1.70. The fraction of sp³-hybridized carbons (Fsp3) is 0.500. The van der Waals surface area contributed by atoms with E-state index in [0.717, 1.165) is 24.1 Å². The van der Waals surface area contributed by atoms with Crippen LogP contribution in [0.1, 0.15) is 17.5 Å². The van der Waals surface area contributed by atoms with Gasteiger partial charge in [0, 0.05) is 25.2 Å². The van der Waals surface area contributed by atoms with Crippen molar-refractivity contribution in [2.45, 2.75) is 26.0 Å². The van der Waals surface area contributed by atoms with Crippen LogP contribution in [-0.2, 0) is 6.54 Å².